The number of likely N-dealkylation sites (tertiary alicyclic amines) is 1. The number of rotatable bonds is 6. The Bertz CT molecular complexity index is 1200. The largest absolute Gasteiger partial charge is 0.359 e. The molecule has 1 aromatic carbocycles. The Morgan fingerprint density at radius 2 is 1.82 bits per heavy atom. The third-order valence-electron chi connectivity index (χ3n) is 10.6. The van der Waals surface area contributed by atoms with E-state index < -0.39 is 29.6 Å². The van der Waals surface area contributed by atoms with E-state index >= 15 is 0 Å². The van der Waals surface area contributed by atoms with Gasteiger partial charge in [-0.1, -0.05) is 51.8 Å². The molecule has 1 spiro atoms. The Balaban J connectivity index is 1.31. The second-order valence-corrected chi connectivity index (χ2v) is 13.8. The Hall–Kier alpha value is -2.32. The molecule has 7 nitrogen and oxygen atoms in total. The minimum absolute atomic E-state index is 0.0138. The maximum atomic E-state index is 14.4. The molecule has 4 fully saturated rings. The van der Waals surface area contributed by atoms with Crippen LogP contribution in [0.1, 0.15) is 65.7 Å². The van der Waals surface area contributed by atoms with Gasteiger partial charge in [0.25, 0.3) is 0 Å². The lowest BCUT2D eigenvalue weighted by molar-refractivity contribution is -0.145. The third kappa shape index (κ3) is 4.59. The number of hydrogen-bond donors (Lipinski definition) is 2. The SMILES string of the molecule is CSc1cccc(NC(=O)C2[C@@H]3C=CC4(O3)C(C(=O)NC3CCCC(C)C3C)N(C3CCC(C)CC3)C(=O)[C@H]24)c1. The smallest absolute Gasteiger partial charge is 0.246 e. The molecule has 40 heavy (non-hydrogen) atoms. The first-order valence-electron chi connectivity index (χ1n) is 15.2. The lowest BCUT2D eigenvalue weighted by Crippen LogP contribution is -2.59. The Morgan fingerprint density at radius 3 is 2.58 bits per heavy atom. The number of ether oxygens (including phenoxy) is 1. The Morgan fingerprint density at radius 1 is 1.05 bits per heavy atom. The summed E-state index contributed by atoms with van der Waals surface area (Å²) in [5.41, 5.74) is -0.405. The fraction of sp³-hybridized carbons (Fsp3) is 0.656. The van der Waals surface area contributed by atoms with Crippen LogP contribution in [0.25, 0.3) is 0 Å². The van der Waals surface area contributed by atoms with Gasteiger partial charge in [0.1, 0.15) is 11.6 Å². The average Bonchev–Trinajstić information content (AvgIpc) is 3.59. The second kappa shape index (κ2) is 10.8. The van der Waals surface area contributed by atoms with Gasteiger partial charge >= 0.3 is 0 Å². The number of benzene rings is 1. The Labute approximate surface area is 242 Å². The van der Waals surface area contributed by atoms with Gasteiger partial charge in [0.2, 0.25) is 17.7 Å². The van der Waals surface area contributed by atoms with Crippen molar-refractivity contribution in [2.24, 2.45) is 29.6 Å². The highest BCUT2D eigenvalue weighted by Gasteiger charge is 2.73. The molecule has 5 aliphatic rings. The van der Waals surface area contributed by atoms with Gasteiger partial charge in [0.05, 0.1) is 17.9 Å². The summed E-state index contributed by atoms with van der Waals surface area (Å²) in [6, 6.07) is 7.04. The van der Waals surface area contributed by atoms with Crippen LogP contribution in [0.2, 0.25) is 0 Å². The van der Waals surface area contributed by atoms with Gasteiger partial charge < -0.3 is 20.3 Å². The van der Waals surface area contributed by atoms with E-state index in [0.29, 0.717) is 23.4 Å². The van der Waals surface area contributed by atoms with Crippen LogP contribution in [-0.2, 0) is 19.1 Å². The zero-order valence-electron chi connectivity index (χ0n) is 24.1. The topological polar surface area (TPSA) is 87.7 Å². The molecule has 2 bridgehead atoms. The molecule has 2 saturated heterocycles. The van der Waals surface area contributed by atoms with Crippen molar-refractivity contribution in [2.45, 2.75) is 100 Å². The molecule has 8 atom stereocenters. The first-order valence-corrected chi connectivity index (χ1v) is 16.4. The van der Waals surface area contributed by atoms with Crippen LogP contribution in [0.4, 0.5) is 5.69 Å². The zero-order chi connectivity index (χ0) is 28.2. The van der Waals surface area contributed by atoms with Gasteiger partial charge in [-0.3, -0.25) is 14.4 Å². The molecule has 2 N–H and O–H groups in total. The van der Waals surface area contributed by atoms with Crippen molar-refractivity contribution in [2.75, 3.05) is 11.6 Å². The highest BCUT2D eigenvalue weighted by molar-refractivity contribution is 7.98. The number of nitrogens with one attached hydrogen (secondary N) is 2. The van der Waals surface area contributed by atoms with Gasteiger partial charge in [-0.15, -0.1) is 11.8 Å². The van der Waals surface area contributed by atoms with Gasteiger partial charge in [-0.2, -0.15) is 0 Å². The molecule has 8 heteroatoms. The summed E-state index contributed by atoms with van der Waals surface area (Å²) in [7, 11) is 0. The number of thioether (sulfide) groups is 1. The van der Waals surface area contributed by atoms with E-state index in [1.54, 1.807) is 11.8 Å². The fourth-order valence-corrected chi connectivity index (χ4v) is 8.55. The van der Waals surface area contributed by atoms with Crippen LogP contribution in [0, 0.1) is 29.6 Å². The van der Waals surface area contributed by atoms with Crippen LogP contribution in [0.15, 0.2) is 41.3 Å². The van der Waals surface area contributed by atoms with E-state index in [-0.39, 0.29) is 29.8 Å². The van der Waals surface area contributed by atoms with E-state index in [9.17, 15) is 14.4 Å². The van der Waals surface area contributed by atoms with Gasteiger partial charge in [0.15, 0.2) is 0 Å². The number of hydrogen-bond acceptors (Lipinski definition) is 5. The lowest BCUT2D eigenvalue weighted by Gasteiger charge is -2.41. The third-order valence-corrected chi connectivity index (χ3v) is 11.3. The molecule has 6 unspecified atom stereocenters. The van der Waals surface area contributed by atoms with Crippen LogP contribution < -0.4 is 10.6 Å². The van der Waals surface area contributed by atoms with Crippen LogP contribution in [0.3, 0.4) is 0 Å². The molecular formula is C32H43N3O4S. The summed E-state index contributed by atoms with van der Waals surface area (Å²) in [5, 5.41) is 6.43. The Kier molecular flexibility index (Phi) is 7.53. The summed E-state index contributed by atoms with van der Waals surface area (Å²) >= 11 is 1.61. The van der Waals surface area contributed by atoms with Gasteiger partial charge in [0, 0.05) is 22.7 Å². The maximum Gasteiger partial charge on any atom is 0.246 e. The van der Waals surface area contributed by atoms with E-state index in [1.165, 1.54) is 6.42 Å². The van der Waals surface area contributed by atoms with Crippen molar-refractivity contribution in [3.05, 3.63) is 36.4 Å². The monoisotopic (exact) mass is 565 g/mol. The molecule has 3 amide bonds. The minimum atomic E-state index is -1.11. The van der Waals surface area contributed by atoms with Crippen LogP contribution >= 0.6 is 11.8 Å². The van der Waals surface area contributed by atoms with Crippen molar-refractivity contribution in [3.63, 3.8) is 0 Å². The predicted molar refractivity (Wildman–Crippen MR) is 157 cm³/mol. The van der Waals surface area contributed by atoms with Gasteiger partial charge in [-0.05, 0) is 74.3 Å². The molecule has 2 aliphatic carbocycles. The summed E-state index contributed by atoms with van der Waals surface area (Å²) in [6.45, 7) is 6.74. The minimum Gasteiger partial charge on any atom is -0.359 e. The number of amides is 3. The van der Waals surface area contributed by atoms with E-state index in [0.717, 1.165) is 43.4 Å². The number of carbonyl (C=O) groups is 3. The molecule has 0 radical (unpaired) electrons. The maximum absolute atomic E-state index is 14.4. The first-order chi connectivity index (χ1) is 19.2. The molecule has 1 aromatic rings. The predicted octanol–water partition coefficient (Wildman–Crippen LogP) is 5.02. The normalized spacial score (nSPS) is 40.2. The number of fused-ring (bicyclic) bond motifs is 1. The number of carbonyl (C=O) groups excluding carboxylic acids is 3. The quantitative estimate of drug-likeness (QED) is 0.374. The van der Waals surface area contributed by atoms with E-state index in [4.69, 9.17) is 4.74 Å². The summed E-state index contributed by atoms with van der Waals surface area (Å²) in [5.74, 6) is -0.293. The molecule has 6 rings (SSSR count). The van der Waals surface area contributed by atoms with Gasteiger partial charge in [-0.25, -0.2) is 0 Å². The number of nitrogens with zero attached hydrogens (tertiary/aromatic N) is 1. The summed E-state index contributed by atoms with van der Waals surface area (Å²) in [4.78, 5) is 45.3. The molecule has 3 aliphatic heterocycles. The molecular weight excluding hydrogens is 522 g/mol. The van der Waals surface area contributed by atoms with Crippen molar-refractivity contribution >= 4 is 35.2 Å². The van der Waals surface area contributed by atoms with Crippen molar-refractivity contribution in [3.8, 4) is 0 Å². The standard InChI is InChI=1S/C32H43N3O4S/c1-18-11-13-22(14-12-18)35-28(30(37)34-24-10-5-7-19(2)20(24)3)32-16-15-25(39-32)26(27(32)31(35)38)29(36)33-21-8-6-9-23(17-21)40-4/h6,8-9,15-20,22,24-28H,5,7,10-14H2,1-4H3,(H,33,36)(H,34,37)/t18?,19?,20?,22?,24?,25-,26?,27-,28?,32?/m0/s1. The van der Waals surface area contributed by atoms with Crippen molar-refractivity contribution < 1.29 is 19.1 Å². The molecule has 0 aromatic heterocycles. The summed E-state index contributed by atoms with van der Waals surface area (Å²) < 4.78 is 6.58. The summed E-state index contributed by atoms with van der Waals surface area (Å²) in [6.07, 6.45) is 12.4. The molecule has 2 saturated carbocycles. The number of anilines is 1. The van der Waals surface area contributed by atoms with Crippen molar-refractivity contribution in [1.82, 2.24) is 10.2 Å². The highest BCUT2D eigenvalue weighted by atomic mass is 32.2. The lowest BCUT2D eigenvalue weighted by atomic mass is 9.73. The van der Waals surface area contributed by atoms with Crippen LogP contribution in [0.5, 0.6) is 0 Å². The fourth-order valence-electron chi connectivity index (χ4n) is 8.09. The van der Waals surface area contributed by atoms with E-state index in [2.05, 4.69) is 31.4 Å². The van der Waals surface area contributed by atoms with Crippen molar-refractivity contribution in [1.29, 1.82) is 0 Å². The second-order valence-electron chi connectivity index (χ2n) is 13.0. The zero-order valence-corrected chi connectivity index (χ0v) is 24.9. The average molecular weight is 566 g/mol. The molecule has 3 heterocycles. The highest BCUT2D eigenvalue weighted by Crippen LogP contribution is 2.56. The van der Waals surface area contributed by atoms with E-state index in [1.807, 2.05) is 47.6 Å². The van der Waals surface area contributed by atoms with Crippen LogP contribution in [-0.4, -0.2) is 58.7 Å². The molecule has 216 valence electrons. The first kappa shape index (κ1) is 27.8.